The Kier molecular flexibility index (Phi) is 10.6. The molecule has 0 saturated carbocycles. The van der Waals surface area contributed by atoms with Crippen molar-refractivity contribution in [3.8, 4) is 0 Å². The van der Waals surface area contributed by atoms with E-state index in [1.807, 2.05) is 0 Å². The number of fused-ring (bicyclic) bond motifs is 1. The van der Waals surface area contributed by atoms with Gasteiger partial charge in [-0.1, -0.05) is 12.1 Å². The van der Waals surface area contributed by atoms with Gasteiger partial charge in [-0.05, 0) is 49.2 Å². The number of anilines is 1. The highest BCUT2D eigenvalue weighted by Crippen LogP contribution is 2.24. The molecule has 0 fully saturated rings. The van der Waals surface area contributed by atoms with Gasteiger partial charge in [-0.3, -0.25) is 14.4 Å². The third kappa shape index (κ3) is 8.20. The van der Waals surface area contributed by atoms with Crippen molar-refractivity contribution >= 4 is 34.6 Å². The Morgan fingerprint density at radius 2 is 1.74 bits per heavy atom. The zero-order valence-electron chi connectivity index (χ0n) is 25.4. The predicted octanol–water partition coefficient (Wildman–Crippen LogP) is 4.30. The molecular weight excluding hydrogens is 605 g/mol. The summed E-state index contributed by atoms with van der Waals surface area (Å²) in [5, 5.41) is 12.3. The fourth-order valence-electron chi connectivity index (χ4n) is 4.83. The highest BCUT2D eigenvalue weighted by molar-refractivity contribution is 5.92. The lowest BCUT2D eigenvalue weighted by atomic mass is 10.0. The first-order valence-corrected chi connectivity index (χ1v) is 14.2. The number of rotatable bonds is 12. The van der Waals surface area contributed by atoms with Gasteiger partial charge in [0.15, 0.2) is 5.82 Å². The molecule has 2 heterocycles. The van der Waals surface area contributed by atoms with E-state index < -0.39 is 40.9 Å². The molecule has 0 radical (unpaired) electrons. The van der Waals surface area contributed by atoms with Crippen molar-refractivity contribution < 1.29 is 32.7 Å². The zero-order valence-corrected chi connectivity index (χ0v) is 25.4. The maximum atomic E-state index is 14.6. The van der Waals surface area contributed by atoms with Gasteiger partial charge in [-0.15, -0.1) is 0 Å². The number of nitrogens with zero attached hydrogens (tertiary/aromatic N) is 5. The monoisotopic (exact) mass is 638 g/mol. The van der Waals surface area contributed by atoms with Gasteiger partial charge in [0.25, 0.3) is 5.56 Å². The number of halogens is 3. The largest absolute Gasteiger partial charge is 0.465 e. The Balaban J connectivity index is 1.60. The minimum Gasteiger partial charge on any atom is -0.465 e. The van der Waals surface area contributed by atoms with E-state index in [1.54, 1.807) is 30.8 Å². The first kappa shape index (κ1) is 33.5. The van der Waals surface area contributed by atoms with Gasteiger partial charge in [0.1, 0.15) is 17.5 Å². The van der Waals surface area contributed by atoms with E-state index in [1.165, 1.54) is 59.2 Å². The van der Waals surface area contributed by atoms with Gasteiger partial charge in [-0.25, -0.2) is 22.9 Å². The molecule has 0 spiro atoms. The standard InChI is InChI=1S/C32H33F3N6O5/c1-38(2)28(42)7-5-4-6-21(17-39(3)32(45)46)30(43)37-29-31(44)40(13-12-36-29)19-25-15-22-14-23(33)10-11-27(22)41(25)18-20-8-9-24(34)16-26(20)35/h5,7-16,21H,4,6,17-19H2,1-3H3,(H,45,46)(H,36,37,43)/b7-5+/t21-/m0/s1. The minimum absolute atomic E-state index is 0.0344. The smallest absolute Gasteiger partial charge is 0.407 e. The molecule has 3 amide bonds. The molecule has 0 unspecified atom stereocenters. The summed E-state index contributed by atoms with van der Waals surface area (Å²) in [6, 6.07) is 8.94. The molecule has 2 N–H and O–H groups in total. The minimum atomic E-state index is -1.24. The van der Waals surface area contributed by atoms with Gasteiger partial charge in [0, 0.05) is 68.3 Å². The van der Waals surface area contributed by atoms with Crippen LogP contribution in [0.25, 0.3) is 10.9 Å². The quantitative estimate of drug-likeness (QED) is 0.223. The van der Waals surface area contributed by atoms with Crippen LogP contribution in [0.5, 0.6) is 0 Å². The highest BCUT2D eigenvalue weighted by atomic mass is 19.1. The Morgan fingerprint density at radius 1 is 1.02 bits per heavy atom. The van der Waals surface area contributed by atoms with E-state index in [0.717, 1.165) is 17.0 Å². The normalized spacial score (nSPS) is 12.0. The van der Waals surface area contributed by atoms with E-state index in [4.69, 9.17) is 0 Å². The number of hydrogen-bond donors (Lipinski definition) is 2. The number of carbonyl (C=O) groups excluding carboxylic acids is 2. The lowest BCUT2D eigenvalue weighted by molar-refractivity contribution is -0.123. The van der Waals surface area contributed by atoms with Crippen LogP contribution in [0.4, 0.5) is 23.8 Å². The van der Waals surface area contributed by atoms with Gasteiger partial charge >= 0.3 is 6.09 Å². The van der Waals surface area contributed by atoms with Crippen molar-refractivity contribution in [3.63, 3.8) is 0 Å². The van der Waals surface area contributed by atoms with Gasteiger partial charge < -0.3 is 29.4 Å². The van der Waals surface area contributed by atoms with Crippen molar-refractivity contribution in [2.45, 2.75) is 25.9 Å². The number of benzene rings is 2. The summed E-state index contributed by atoms with van der Waals surface area (Å²) >= 11 is 0. The van der Waals surface area contributed by atoms with Crippen LogP contribution >= 0.6 is 0 Å². The Labute approximate surface area is 262 Å². The Hall–Kier alpha value is -5.40. The summed E-state index contributed by atoms with van der Waals surface area (Å²) in [4.78, 5) is 56.3. The number of amides is 3. The summed E-state index contributed by atoms with van der Waals surface area (Å²) in [5.41, 5.74) is 0.559. The first-order chi connectivity index (χ1) is 21.8. The SMILES string of the molecule is CN(C)C(=O)/C=C/CC[C@@H](CN(C)C(=O)O)C(=O)Nc1nccn(Cc2cc3cc(F)ccc3n2Cc2ccc(F)cc2F)c1=O. The van der Waals surface area contributed by atoms with Crippen LogP contribution in [-0.4, -0.2) is 74.6 Å². The van der Waals surface area contributed by atoms with Crippen LogP contribution in [0.1, 0.15) is 24.1 Å². The maximum absolute atomic E-state index is 14.6. The molecule has 0 aliphatic heterocycles. The molecular formula is C32H33F3N6O5. The van der Waals surface area contributed by atoms with E-state index >= 15 is 0 Å². The molecule has 0 bridgehead atoms. The zero-order chi connectivity index (χ0) is 33.5. The fraction of sp³-hybridized carbons (Fsp3) is 0.281. The number of aromatic nitrogens is 3. The first-order valence-electron chi connectivity index (χ1n) is 14.2. The van der Waals surface area contributed by atoms with Crippen molar-refractivity contribution in [1.29, 1.82) is 0 Å². The molecule has 2 aromatic carbocycles. The lowest BCUT2D eigenvalue weighted by Gasteiger charge is -2.21. The second-order valence-electron chi connectivity index (χ2n) is 10.9. The second-order valence-corrected chi connectivity index (χ2v) is 10.9. The number of allylic oxidation sites excluding steroid dienone is 1. The predicted molar refractivity (Wildman–Crippen MR) is 165 cm³/mol. The van der Waals surface area contributed by atoms with Crippen molar-refractivity contribution in [1.82, 2.24) is 23.9 Å². The van der Waals surface area contributed by atoms with Crippen molar-refractivity contribution in [2.24, 2.45) is 5.92 Å². The van der Waals surface area contributed by atoms with Crippen LogP contribution in [-0.2, 0) is 22.7 Å². The van der Waals surface area contributed by atoms with Gasteiger partial charge in [0.2, 0.25) is 11.8 Å². The molecule has 242 valence electrons. The molecule has 0 aliphatic rings. The van der Waals surface area contributed by atoms with Gasteiger partial charge in [0.05, 0.1) is 19.0 Å². The van der Waals surface area contributed by atoms with E-state index in [0.29, 0.717) is 16.6 Å². The molecule has 0 aliphatic carbocycles. The highest BCUT2D eigenvalue weighted by Gasteiger charge is 2.24. The molecule has 4 aromatic rings. The molecule has 14 heteroatoms. The maximum Gasteiger partial charge on any atom is 0.407 e. The molecule has 4 rings (SSSR count). The van der Waals surface area contributed by atoms with E-state index in [9.17, 15) is 37.5 Å². The summed E-state index contributed by atoms with van der Waals surface area (Å²) < 4.78 is 45.1. The second kappa shape index (κ2) is 14.6. The van der Waals surface area contributed by atoms with Crippen LogP contribution < -0.4 is 10.9 Å². The molecule has 1 atom stereocenters. The number of carbonyl (C=O) groups is 3. The molecule has 46 heavy (non-hydrogen) atoms. The number of carboxylic acid groups (broad SMARTS) is 1. The number of likely N-dealkylation sites (N-methyl/N-ethyl adjacent to an activating group) is 1. The number of nitrogens with one attached hydrogen (secondary N) is 1. The Morgan fingerprint density at radius 3 is 2.43 bits per heavy atom. The average molecular weight is 639 g/mol. The molecule has 0 saturated heterocycles. The third-order valence-corrected chi connectivity index (χ3v) is 7.35. The summed E-state index contributed by atoms with van der Waals surface area (Å²) in [6.45, 7) is -0.277. The van der Waals surface area contributed by atoms with E-state index in [-0.39, 0.29) is 49.8 Å². The average Bonchev–Trinajstić information content (AvgIpc) is 3.32. The van der Waals surface area contributed by atoms with E-state index in [2.05, 4.69) is 10.3 Å². The summed E-state index contributed by atoms with van der Waals surface area (Å²) in [7, 11) is 4.49. The Bertz CT molecular complexity index is 1850. The van der Waals surface area contributed by atoms with Crippen molar-refractivity contribution in [3.05, 3.63) is 106 Å². The van der Waals surface area contributed by atoms with Crippen LogP contribution in [0.2, 0.25) is 0 Å². The molecule has 2 aromatic heterocycles. The van der Waals surface area contributed by atoms with Crippen LogP contribution in [0.3, 0.4) is 0 Å². The van der Waals surface area contributed by atoms with Crippen LogP contribution in [0.15, 0.2) is 71.8 Å². The van der Waals surface area contributed by atoms with Gasteiger partial charge in [-0.2, -0.15) is 0 Å². The topological polar surface area (TPSA) is 130 Å². The van der Waals surface area contributed by atoms with Crippen LogP contribution in [0, 0.1) is 23.4 Å². The molecule has 11 nitrogen and oxygen atoms in total. The summed E-state index contributed by atoms with van der Waals surface area (Å²) in [5.74, 6) is -4.04. The summed E-state index contributed by atoms with van der Waals surface area (Å²) in [6.07, 6.45) is 4.85. The lowest BCUT2D eigenvalue weighted by Crippen LogP contribution is -2.38. The number of hydrogen-bond acceptors (Lipinski definition) is 5. The van der Waals surface area contributed by atoms with Crippen molar-refractivity contribution in [2.75, 3.05) is 33.0 Å². The fourth-order valence-corrected chi connectivity index (χ4v) is 4.83. The third-order valence-electron chi connectivity index (χ3n) is 7.35.